The largest absolute Gasteiger partial charge is 0.462 e. The molecule has 6 nitrogen and oxygen atoms in total. The van der Waals surface area contributed by atoms with E-state index in [4.69, 9.17) is 14.2 Å². The highest BCUT2D eigenvalue weighted by Gasteiger charge is 2.20. The Labute approximate surface area is 518 Å². The fraction of sp³-hybridized carbons (Fsp3) is 0.857. The molecule has 0 aliphatic heterocycles. The van der Waals surface area contributed by atoms with Gasteiger partial charge in [0.15, 0.2) is 6.10 Å². The van der Waals surface area contributed by atoms with Crippen LogP contribution in [0.5, 0.6) is 0 Å². The van der Waals surface area contributed by atoms with Gasteiger partial charge in [-0.25, -0.2) is 0 Å². The minimum Gasteiger partial charge on any atom is -0.462 e. The zero-order valence-electron chi connectivity index (χ0n) is 56.0. The molecule has 0 aromatic heterocycles. The van der Waals surface area contributed by atoms with E-state index in [1.54, 1.807) is 0 Å². The Balaban J connectivity index is 4.03. The highest BCUT2D eigenvalue weighted by molar-refractivity contribution is 5.71. The van der Waals surface area contributed by atoms with Crippen molar-refractivity contribution in [2.75, 3.05) is 13.2 Å². The first-order valence-electron chi connectivity index (χ1n) is 37.1. The fourth-order valence-corrected chi connectivity index (χ4v) is 11.3. The molecule has 0 saturated heterocycles. The van der Waals surface area contributed by atoms with Crippen molar-refractivity contribution in [3.8, 4) is 0 Å². The summed E-state index contributed by atoms with van der Waals surface area (Å²) in [5, 5.41) is 0. The lowest BCUT2D eigenvalue weighted by Crippen LogP contribution is -2.30. The van der Waals surface area contributed by atoms with Gasteiger partial charge in [-0.1, -0.05) is 378 Å². The fourth-order valence-electron chi connectivity index (χ4n) is 11.3. The van der Waals surface area contributed by atoms with E-state index in [-0.39, 0.29) is 31.1 Å². The standard InChI is InChI=1S/C77H142O6/c1-4-7-10-13-16-19-21-23-25-27-29-31-33-35-37-38-39-41-42-44-46-48-50-52-54-56-58-61-64-67-70-76(79)82-73-74(72-81-75(78)69-66-63-60-18-15-12-9-6-3)83-77(80)71-68-65-62-59-57-55-53-51-49-47-45-43-40-36-34-32-30-28-26-24-22-20-17-14-11-8-5-2/h8,11,17,20,24,26,30,32,74H,4-7,9-10,12-16,18-19,21-23,25,27-29,31,33-73H2,1-3H3/b11-8-,20-17-,26-24-,32-30-. The predicted octanol–water partition coefficient (Wildman–Crippen LogP) is 25.7. The molecule has 83 heavy (non-hydrogen) atoms. The number of hydrogen-bond donors (Lipinski definition) is 0. The normalized spacial score (nSPS) is 12.3. The van der Waals surface area contributed by atoms with Crippen molar-refractivity contribution >= 4 is 17.9 Å². The number of carbonyl (C=O) groups excluding carboxylic acids is 3. The quantitative estimate of drug-likeness (QED) is 0.0261. The Morgan fingerprint density at radius 3 is 0.735 bits per heavy atom. The van der Waals surface area contributed by atoms with Crippen molar-refractivity contribution in [2.24, 2.45) is 0 Å². The molecule has 6 heteroatoms. The topological polar surface area (TPSA) is 78.9 Å². The second kappa shape index (κ2) is 71.8. The summed E-state index contributed by atoms with van der Waals surface area (Å²) in [6.07, 6.45) is 91.9. The van der Waals surface area contributed by atoms with Gasteiger partial charge in [0.05, 0.1) is 0 Å². The number of allylic oxidation sites excluding steroid dienone is 8. The summed E-state index contributed by atoms with van der Waals surface area (Å²) < 4.78 is 16.9. The summed E-state index contributed by atoms with van der Waals surface area (Å²) in [6.45, 7) is 6.57. The lowest BCUT2D eigenvalue weighted by atomic mass is 10.0. The third-order valence-electron chi connectivity index (χ3n) is 16.8. The summed E-state index contributed by atoms with van der Waals surface area (Å²) in [6, 6.07) is 0. The third kappa shape index (κ3) is 70.0. The number of ether oxygens (including phenoxy) is 3. The van der Waals surface area contributed by atoms with Crippen LogP contribution in [0.4, 0.5) is 0 Å². The second-order valence-electron chi connectivity index (χ2n) is 25.2. The van der Waals surface area contributed by atoms with Gasteiger partial charge in [0.1, 0.15) is 13.2 Å². The van der Waals surface area contributed by atoms with Crippen LogP contribution < -0.4 is 0 Å². The molecule has 0 radical (unpaired) electrons. The summed E-state index contributed by atoms with van der Waals surface area (Å²) in [5.74, 6) is -0.845. The van der Waals surface area contributed by atoms with Crippen LogP contribution in [-0.4, -0.2) is 37.2 Å². The molecule has 0 aromatic carbocycles. The van der Waals surface area contributed by atoms with E-state index in [1.165, 1.54) is 283 Å². The number of carbonyl (C=O) groups is 3. The van der Waals surface area contributed by atoms with Crippen LogP contribution in [-0.2, 0) is 28.6 Å². The smallest absolute Gasteiger partial charge is 0.306 e. The predicted molar refractivity (Wildman–Crippen MR) is 362 cm³/mol. The first kappa shape index (κ1) is 80.4. The molecular formula is C77H142O6. The molecule has 0 rings (SSSR count). The van der Waals surface area contributed by atoms with Crippen LogP contribution in [0.2, 0.25) is 0 Å². The van der Waals surface area contributed by atoms with E-state index in [1.807, 2.05) is 0 Å². The van der Waals surface area contributed by atoms with Crippen molar-refractivity contribution in [1.29, 1.82) is 0 Å². The van der Waals surface area contributed by atoms with Gasteiger partial charge < -0.3 is 14.2 Å². The van der Waals surface area contributed by atoms with Gasteiger partial charge in [-0.05, 0) is 57.8 Å². The Morgan fingerprint density at radius 2 is 0.470 bits per heavy atom. The van der Waals surface area contributed by atoms with E-state index >= 15 is 0 Å². The Kier molecular flexibility index (Phi) is 69.6. The molecule has 0 aliphatic rings. The molecule has 0 aromatic rings. The Bertz CT molecular complexity index is 1430. The van der Waals surface area contributed by atoms with Gasteiger partial charge in [0.25, 0.3) is 0 Å². The van der Waals surface area contributed by atoms with Crippen LogP contribution in [0.25, 0.3) is 0 Å². The molecule has 0 fully saturated rings. The maximum absolute atomic E-state index is 12.9. The van der Waals surface area contributed by atoms with Gasteiger partial charge in [0.2, 0.25) is 0 Å². The van der Waals surface area contributed by atoms with Gasteiger partial charge in [-0.15, -0.1) is 0 Å². The zero-order chi connectivity index (χ0) is 59.9. The first-order chi connectivity index (χ1) is 41.0. The average Bonchev–Trinajstić information content (AvgIpc) is 3.49. The van der Waals surface area contributed by atoms with E-state index < -0.39 is 6.10 Å². The minimum atomic E-state index is -0.769. The van der Waals surface area contributed by atoms with Gasteiger partial charge in [-0.2, -0.15) is 0 Å². The van der Waals surface area contributed by atoms with Crippen LogP contribution >= 0.6 is 0 Å². The second-order valence-corrected chi connectivity index (χ2v) is 25.2. The first-order valence-corrected chi connectivity index (χ1v) is 37.1. The molecule has 1 unspecified atom stereocenters. The number of unbranched alkanes of at least 4 members (excludes halogenated alkanes) is 50. The Morgan fingerprint density at radius 1 is 0.253 bits per heavy atom. The summed E-state index contributed by atoms with van der Waals surface area (Å²) in [5.41, 5.74) is 0. The van der Waals surface area contributed by atoms with Crippen LogP contribution in [0.1, 0.15) is 406 Å². The van der Waals surface area contributed by atoms with Crippen molar-refractivity contribution in [3.05, 3.63) is 48.6 Å². The summed E-state index contributed by atoms with van der Waals surface area (Å²) in [7, 11) is 0. The molecule has 486 valence electrons. The Hall–Kier alpha value is -2.63. The lowest BCUT2D eigenvalue weighted by Gasteiger charge is -2.18. The minimum absolute atomic E-state index is 0.0670. The van der Waals surface area contributed by atoms with Gasteiger partial charge in [-0.3, -0.25) is 14.4 Å². The van der Waals surface area contributed by atoms with Gasteiger partial charge in [0, 0.05) is 19.3 Å². The lowest BCUT2D eigenvalue weighted by molar-refractivity contribution is -0.167. The van der Waals surface area contributed by atoms with Crippen LogP contribution in [0.15, 0.2) is 48.6 Å². The summed E-state index contributed by atoms with van der Waals surface area (Å²) >= 11 is 0. The van der Waals surface area contributed by atoms with Crippen molar-refractivity contribution in [2.45, 2.75) is 412 Å². The van der Waals surface area contributed by atoms with Crippen molar-refractivity contribution in [3.63, 3.8) is 0 Å². The number of hydrogen-bond acceptors (Lipinski definition) is 6. The van der Waals surface area contributed by atoms with Crippen molar-refractivity contribution < 1.29 is 28.6 Å². The van der Waals surface area contributed by atoms with E-state index in [0.717, 1.165) is 83.5 Å². The maximum Gasteiger partial charge on any atom is 0.306 e. The van der Waals surface area contributed by atoms with Gasteiger partial charge >= 0.3 is 17.9 Å². The molecule has 0 N–H and O–H groups in total. The molecule has 0 saturated carbocycles. The monoisotopic (exact) mass is 1160 g/mol. The molecule has 0 amide bonds. The van der Waals surface area contributed by atoms with E-state index in [0.29, 0.717) is 19.3 Å². The molecule has 0 heterocycles. The summed E-state index contributed by atoms with van der Waals surface area (Å²) in [4.78, 5) is 38.3. The molecule has 1 atom stereocenters. The van der Waals surface area contributed by atoms with Crippen molar-refractivity contribution in [1.82, 2.24) is 0 Å². The van der Waals surface area contributed by atoms with Crippen LogP contribution in [0.3, 0.4) is 0 Å². The molecule has 0 spiro atoms. The zero-order valence-corrected chi connectivity index (χ0v) is 56.0. The molecule has 0 bridgehead atoms. The van der Waals surface area contributed by atoms with Crippen LogP contribution in [0, 0.1) is 0 Å². The third-order valence-corrected chi connectivity index (χ3v) is 16.8. The SMILES string of the molecule is CC/C=C\C/C=C\C/C=C\C/C=C\CCCCCCCCCCCCCCCCC(=O)OC(COC(=O)CCCCCCCCCC)COC(=O)CCCCCCCCCCCCCCCCCCCCCCCCCCCCCCCC. The highest BCUT2D eigenvalue weighted by atomic mass is 16.6. The van der Waals surface area contributed by atoms with E-state index in [2.05, 4.69) is 69.4 Å². The van der Waals surface area contributed by atoms with E-state index in [9.17, 15) is 14.4 Å². The number of rotatable bonds is 69. The average molecular weight is 1160 g/mol. The molecule has 0 aliphatic carbocycles. The number of esters is 3. The maximum atomic E-state index is 12.9. The molecular weight excluding hydrogens is 1020 g/mol. The highest BCUT2D eigenvalue weighted by Crippen LogP contribution is 2.19.